The van der Waals surface area contributed by atoms with Crippen molar-refractivity contribution in [3.8, 4) is 11.3 Å². The van der Waals surface area contributed by atoms with E-state index in [1.165, 1.54) is 47.6 Å². The van der Waals surface area contributed by atoms with Crippen molar-refractivity contribution in [3.05, 3.63) is 64.5 Å². The first kappa shape index (κ1) is 15.9. The van der Waals surface area contributed by atoms with Crippen LogP contribution in [0, 0.1) is 5.95 Å². The van der Waals surface area contributed by atoms with E-state index in [1.54, 1.807) is 0 Å². The molecule has 1 aliphatic rings. The minimum Gasteiger partial charge on any atom is -0.298 e. The Bertz CT molecular complexity index is 921. The molecule has 4 nitrogen and oxygen atoms in total. The number of hydrogen-bond acceptors (Lipinski definition) is 4. The van der Waals surface area contributed by atoms with Gasteiger partial charge in [-0.15, -0.1) is 11.3 Å². The van der Waals surface area contributed by atoms with Crippen LogP contribution >= 0.6 is 11.3 Å². The second-order valence-electron chi connectivity index (χ2n) is 6.05. The van der Waals surface area contributed by atoms with Crippen molar-refractivity contribution in [2.24, 2.45) is 0 Å². The van der Waals surface area contributed by atoms with E-state index in [4.69, 9.17) is 0 Å². The molecule has 6 heteroatoms. The van der Waals surface area contributed by atoms with Gasteiger partial charge in [-0.2, -0.15) is 4.39 Å². The van der Waals surface area contributed by atoms with Crippen LogP contribution in [0.5, 0.6) is 0 Å². The molecule has 4 rings (SSSR count). The van der Waals surface area contributed by atoms with E-state index in [1.807, 2.05) is 5.38 Å². The van der Waals surface area contributed by atoms with Gasteiger partial charge < -0.3 is 0 Å². The standard InChI is InChI=1S/C19H16FN3OS/c20-17-8-7-15(10-21-17)18(24)23-19-22-16(11-25-19)14-6-5-12-3-1-2-4-13(12)9-14/h5-11H,1-4H2,(H,22,23,24). The minimum absolute atomic E-state index is 0.298. The second-order valence-corrected chi connectivity index (χ2v) is 6.91. The van der Waals surface area contributed by atoms with Gasteiger partial charge in [0.1, 0.15) is 0 Å². The molecule has 1 aromatic carbocycles. The number of aryl methyl sites for hydroxylation is 2. The van der Waals surface area contributed by atoms with E-state index in [9.17, 15) is 9.18 Å². The Hall–Kier alpha value is -2.60. The summed E-state index contributed by atoms with van der Waals surface area (Å²) in [7, 11) is 0. The molecule has 0 spiro atoms. The number of thiazole rings is 1. The van der Waals surface area contributed by atoms with Crippen molar-refractivity contribution in [3.63, 3.8) is 0 Å². The van der Waals surface area contributed by atoms with E-state index >= 15 is 0 Å². The quantitative estimate of drug-likeness (QED) is 0.707. The fourth-order valence-corrected chi connectivity index (χ4v) is 3.75. The number of aromatic nitrogens is 2. The zero-order chi connectivity index (χ0) is 17.2. The van der Waals surface area contributed by atoms with Crippen molar-refractivity contribution in [2.75, 3.05) is 5.32 Å². The summed E-state index contributed by atoms with van der Waals surface area (Å²) in [5.74, 6) is -0.959. The largest absolute Gasteiger partial charge is 0.298 e. The van der Waals surface area contributed by atoms with E-state index in [0.717, 1.165) is 30.2 Å². The third kappa shape index (κ3) is 3.44. The lowest BCUT2D eigenvalue weighted by molar-refractivity contribution is 0.102. The summed E-state index contributed by atoms with van der Waals surface area (Å²) in [6.07, 6.45) is 5.98. The van der Waals surface area contributed by atoms with Gasteiger partial charge in [-0.05, 0) is 55.0 Å². The number of fused-ring (bicyclic) bond motifs is 1. The maximum atomic E-state index is 12.8. The maximum Gasteiger partial charge on any atom is 0.259 e. The number of amides is 1. The Balaban J connectivity index is 1.52. The maximum absolute atomic E-state index is 12.8. The van der Waals surface area contributed by atoms with Crippen molar-refractivity contribution in [2.45, 2.75) is 25.7 Å². The lowest BCUT2D eigenvalue weighted by Crippen LogP contribution is -2.12. The molecule has 2 aromatic heterocycles. The zero-order valence-electron chi connectivity index (χ0n) is 13.5. The molecule has 1 amide bonds. The van der Waals surface area contributed by atoms with Crippen LogP contribution < -0.4 is 5.32 Å². The highest BCUT2D eigenvalue weighted by Crippen LogP contribution is 2.29. The number of carbonyl (C=O) groups excluding carboxylic acids is 1. The zero-order valence-corrected chi connectivity index (χ0v) is 14.3. The number of carbonyl (C=O) groups is 1. The average Bonchev–Trinajstić information content (AvgIpc) is 3.10. The molecule has 0 saturated heterocycles. The number of pyridine rings is 1. The number of benzene rings is 1. The molecule has 0 bridgehead atoms. The monoisotopic (exact) mass is 353 g/mol. The predicted octanol–water partition coefficient (Wildman–Crippen LogP) is 4.48. The molecule has 1 N–H and O–H groups in total. The molecular weight excluding hydrogens is 337 g/mol. The highest BCUT2D eigenvalue weighted by atomic mass is 32.1. The molecule has 0 atom stereocenters. The summed E-state index contributed by atoms with van der Waals surface area (Å²) in [6.45, 7) is 0. The lowest BCUT2D eigenvalue weighted by Gasteiger charge is -2.16. The van der Waals surface area contributed by atoms with Gasteiger partial charge in [0, 0.05) is 17.1 Å². The van der Waals surface area contributed by atoms with E-state index in [-0.39, 0.29) is 5.91 Å². The van der Waals surface area contributed by atoms with Gasteiger partial charge in [-0.1, -0.05) is 12.1 Å². The third-order valence-electron chi connectivity index (χ3n) is 4.36. The summed E-state index contributed by atoms with van der Waals surface area (Å²) in [5.41, 5.74) is 5.06. The molecule has 0 radical (unpaired) electrons. The van der Waals surface area contributed by atoms with E-state index < -0.39 is 5.95 Å². The van der Waals surface area contributed by atoms with Gasteiger partial charge in [-0.3, -0.25) is 10.1 Å². The Morgan fingerprint density at radius 3 is 2.76 bits per heavy atom. The van der Waals surface area contributed by atoms with Gasteiger partial charge in [-0.25, -0.2) is 9.97 Å². The molecule has 25 heavy (non-hydrogen) atoms. The van der Waals surface area contributed by atoms with Crippen molar-refractivity contribution >= 4 is 22.4 Å². The summed E-state index contributed by atoms with van der Waals surface area (Å²) < 4.78 is 12.8. The van der Waals surface area contributed by atoms with Crippen LogP contribution in [-0.2, 0) is 12.8 Å². The first-order valence-electron chi connectivity index (χ1n) is 8.20. The van der Waals surface area contributed by atoms with Crippen molar-refractivity contribution in [1.29, 1.82) is 0 Å². The highest BCUT2D eigenvalue weighted by molar-refractivity contribution is 7.14. The molecule has 126 valence electrons. The van der Waals surface area contributed by atoms with Crippen LogP contribution in [0.4, 0.5) is 9.52 Å². The Kier molecular flexibility index (Phi) is 4.28. The number of nitrogens with one attached hydrogen (secondary N) is 1. The third-order valence-corrected chi connectivity index (χ3v) is 5.12. The SMILES string of the molecule is O=C(Nc1nc(-c2ccc3c(c2)CCCC3)cs1)c1ccc(F)nc1. The van der Waals surface area contributed by atoms with Crippen LogP contribution in [0.25, 0.3) is 11.3 Å². The molecule has 0 saturated carbocycles. The lowest BCUT2D eigenvalue weighted by atomic mass is 9.90. The number of hydrogen-bond donors (Lipinski definition) is 1. The normalized spacial score (nSPS) is 13.3. The molecule has 3 aromatic rings. The van der Waals surface area contributed by atoms with E-state index in [0.29, 0.717) is 10.7 Å². The fraction of sp³-hybridized carbons (Fsp3) is 0.211. The van der Waals surface area contributed by atoms with Crippen LogP contribution in [0.15, 0.2) is 41.9 Å². The van der Waals surface area contributed by atoms with Gasteiger partial charge in [0.15, 0.2) is 5.13 Å². The molecule has 2 heterocycles. The van der Waals surface area contributed by atoms with Gasteiger partial charge in [0.2, 0.25) is 5.95 Å². The number of nitrogens with zero attached hydrogens (tertiary/aromatic N) is 2. The molecule has 0 aliphatic heterocycles. The Morgan fingerprint density at radius 2 is 1.96 bits per heavy atom. The van der Waals surface area contributed by atoms with E-state index in [2.05, 4.69) is 33.5 Å². The van der Waals surface area contributed by atoms with Crippen molar-refractivity contribution in [1.82, 2.24) is 9.97 Å². The molecular formula is C19H16FN3OS. The first-order valence-corrected chi connectivity index (χ1v) is 9.07. The predicted molar refractivity (Wildman–Crippen MR) is 96.3 cm³/mol. The van der Waals surface area contributed by atoms with Crippen LogP contribution in [0.2, 0.25) is 0 Å². The number of anilines is 1. The summed E-state index contributed by atoms with van der Waals surface area (Å²) >= 11 is 1.37. The van der Waals surface area contributed by atoms with Crippen LogP contribution in [0.3, 0.4) is 0 Å². The topological polar surface area (TPSA) is 54.9 Å². The number of halogens is 1. The Labute approximate surface area is 148 Å². The smallest absolute Gasteiger partial charge is 0.259 e. The van der Waals surface area contributed by atoms with Crippen molar-refractivity contribution < 1.29 is 9.18 Å². The fourth-order valence-electron chi connectivity index (χ4n) is 3.04. The second kappa shape index (κ2) is 6.72. The van der Waals surface area contributed by atoms with Gasteiger partial charge in [0.05, 0.1) is 11.3 Å². The Morgan fingerprint density at radius 1 is 1.12 bits per heavy atom. The van der Waals surface area contributed by atoms with Crippen LogP contribution in [-0.4, -0.2) is 15.9 Å². The molecule has 1 aliphatic carbocycles. The minimum atomic E-state index is -0.611. The average molecular weight is 353 g/mol. The number of rotatable bonds is 3. The molecule has 0 fully saturated rings. The van der Waals surface area contributed by atoms with Gasteiger partial charge in [0.25, 0.3) is 5.91 Å². The first-order chi connectivity index (χ1) is 12.2. The summed E-state index contributed by atoms with van der Waals surface area (Å²) in [6, 6.07) is 9.05. The van der Waals surface area contributed by atoms with Gasteiger partial charge >= 0.3 is 0 Å². The highest BCUT2D eigenvalue weighted by Gasteiger charge is 2.13. The summed E-state index contributed by atoms with van der Waals surface area (Å²) in [4.78, 5) is 20.2. The molecule has 0 unspecified atom stereocenters. The summed E-state index contributed by atoms with van der Waals surface area (Å²) in [5, 5.41) is 5.19. The van der Waals surface area contributed by atoms with Crippen LogP contribution in [0.1, 0.15) is 34.3 Å².